The highest BCUT2D eigenvalue weighted by Crippen LogP contribution is 2.35. The third kappa shape index (κ3) is 2.94. The second-order valence-electron chi connectivity index (χ2n) is 5.16. The third-order valence-corrected chi connectivity index (χ3v) is 4.04. The summed E-state index contributed by atoms with van der Waals surface area (Å²) < 4.78 is 11.7. The largest absolute Gasteiger partial charge is 0.444 e. The van der Waals surface area contributed by atoms with Crippen molar-refractivity contribution in [1.82, 2.24) is 15.1 Å². The van der Waals surface area contributed by atoms with Crippen LogP contribution in [0.5, 0.6) is 0 Å². The van der Waals surface area contributed by atoms with Crippen molar-refractivity contribution in [2.24, 2.45) is 11.7 Å². The van der Waals surface area contributed by atoms with Crippen molar-refractivity contribution in [3.63, 3.8) is 0 Å². The van der Waals surface area contributed by atoms with Gasteiger partial charge in [-0.1, -0.05) is 0 Å². The molecule has 2 N–H and O–H groups in total. The lowest BCUT2D eigenvalue weighted by Crippen LogP contribution is -2.39. The Morgan fingerprint density at radius 1 is 1.40 bits per heavy atom. The number of nitrogens with two attached hydrogens (primary N) is 1. The molecule has 7 heteroatoms. The minimum Gasteiger partial charge on any atom is -0.444 e. The van der Waals surface area contributed by atoms with E-state index >= 15 is 0 Å². The molecule has 2 heterocycles. The summed E-state index contributed by atoms with van der Waals surface area (Å²) in [4.78, 5) is 2.19. The minimum atomic E-state index is 0.392. The molecule has 1 fully saturated rings. The van der Waals surface area contributed by atoms with E-state index in [-0.39, 0.29) is 0 Å². The van der Waals surface area contributed by atoms with Gasteiger partial charge in [0, 0.05) is 12.6 Å². The number of likely N-dealkylation sites (N-methyl/N-ethyl adjacent to an activating group) is 1. The van der Waals surface area contributed by atoms with Gasteiger partial charge in [0.05, 0.1) is 6.54 Å². The summed E-state index contributed by atoms with van der Waals surface area (Å²) in [6, 6.07) is 3.98. The fourth-order valence-corrected chi connectivity index (χ4v) is 2.70. The van der Waals surface area contributed by atoms with Gasteiger partial charge in [0.15, 0.2) is 10.4 Å². The molecule has 0 bridgehead atoms. The van der Waals surface area contributed by atoms with E-state index in [2.05, 4.69) is 31.0 Å². The summed E-state index contributed by atoms with van der Waals surface area (Å²) in [5, 5.41) is 8.07. The standard InChI is InChI=1S/C13H17BrN4O2/c1-18(9(6-15)8-2-3-8)7-12-16-17-13(20-12)10-4-5-11(14)19-10/h4-5,8-9H,2-3,6-7,15H2,1H3. The quantitative estimate of drug-likeness (QED) is 0.868. The molecule has 1 aliphatic rings. The summed E-state index contributed by atoms with van der Waals surface area (Å²) in [6.07, 6.45) is 2.53. The first-order valence-corrected chi connectivity index (χ1v) is 7.45. The predicted molar refractivity (Wildman–Crippen MR) is 76.7 cm³/mol. The maximum Gasteiger partial charge on any atom is 0.283 e. The number of furan rings is 1. The van der Waals surface area contributed by atoms with Crippen LogP contribution in [-0.4, -0.2) is 34.7 Å². The van der Waals surface area contributed by atoms with E-state index in [9.17, 15) is 0 Å². The molecule has 0 spiro atoms. The van der Waals surface area contributed by atoms with E-state index in [1.165, 1.54) is 12.8 Å². The summed E-state index contributed by atoms with van der Waals surface area (Å²) in [6.45, 7) is 1.26. The molecule has 1 aliphatic carbocycles. The van der Waals surface area contributed by atoms with Gasteiger partial charge in [-0.25, -0.2) is 0 Å². The van der Waals surface area contributed by atoms with E-state index in [1.807, 2.05) is 7.05 Å². The summed E-state index contributed by atoms with van der Waals surface area (Å²) in [5.41, 5.74) is 5.84. The zero-order valence-electron chi connectivity index (χ0n) is 11.3. The molecule has 0 aromatic carbocycles. The molecule has 1 unspecified atom stereocenters. The lowest BCUT2D eigenvalue weighted by molar-refractivity contribution is 0.197. The first-order chi connectivity index (χ1) is 9.67. The molecule has 20 heavy (non-hydrogen) atoms. The Morgan fingerprint density at radius 3 is 2.80 bits per heavy atom. The van der Waals surface area contributed by atoms with Gasteiger partial charge in [-0.2, -0.15) is 0 Å². The molecule has 2 aromatic rings. The number of halogens is 1. The highest BCUT2D eigenvalue weighted by Gasteiger charge is 2.33. The first-order valence-electron chi connectivity index (χ1n) is 6.65. The highest BCUT2D eigenvalue weighted by molar-refractivity contribution is 9.10. The maximum absolute atomic E-state index is 5.84. The molecular formula is C13H17BrN4O2. The molecule has 0 amide bonds. The number of aromatic nitrogens is 2. The number of nitrogens with zero attached hydrogens (tertiary/aromatic N) is 3. The molecule has 1 atom stereocenters. The number of rotatable bonds is 6. The molecule has 3 rings (SSSR count). The maximum atomic E-state index is 5.84. The van der Waals surface area contributed by atoms with Gasteiger partial charge in [-0.15, -0.1) is 10.2 Å². The molecule has 0 aliphatic heterocycles. The fourth-order valence-electron chi connectivity index (χ4n) is 2.39. The van der Waals surface area contributed by atoms with E-state index in [1.54, 1.807) is 12.1 Å². The Morgan fingerprint density at radius 2 is 2.20 bits per heavy atom. The van der Waals surface area contributed by atoms with E-state index < -0.39 is 0 Å². The van der Waals surface area contributed by atoms with Crippen LogP contribution >= 0.6 is 15.9 Å². The zero-order chi connectivity index (χ0) is 14.1. The second kappa shape index (κ2) is 5.67. The van der Waals surface area contributed by atoms with Crippen LogP contribution in [0.3, 0.4) is 0 Å². The van der Waals surface area contributed by atoms with Crippen molar-refractivity contribution in [1.29, 1.82) is 0 Å². The van der Waals surface area contributed by atoms with Gasteiger partial charge in [0.2, 0.25) is 5.89 Å². The van der Waals surface area contributed by atoms with Gasteiger partial charge in [0.25, 0.3) is 5.89 Å². The Balaban J connectivity index is 1.67. The van der Waals surface area contributed by atoms with E-state index in [4.69, 9.17) is 14.6 Å². The average molecular weight is 341 g/mol. The smallest absolute Gasteiger partial charge is 0.283 e. The van der Waals surface area contributed by atoms with Crippen LogP contribution in [0.1, 0.15) is 18.7 Å². The zero-order valence-corrected chi connectivity index (χ0v) is 12.8. The van der Waals surface area contributed by atoms with Gasteiger partial charge < -0.3 is 14.6 Å². The SMILES string of the molecule is CN(Cc1nnc(-c2ccc(Br)o2)o1)C(CN)C1CC1. The Bertz CT molecular complexity index is 578. The van der Waals surface area contributed by atoms with Crippen LogP contribution in [0, 0.1) is 5.92 Å². The van der Waals surface area contributed by atoms with Crippen molar-refractivity contribution in [3.8, 4) is 11.7 Å². The molecule has 108 valence electrons. The average Bonchev–Trinajstić information content (AvgIpc) is 2.97. The Kier molecular flexibility index (Phi) is 3.91. The van der Waals surface area contributed by atoms with E-state index in [0.29, 0.717) is 47.3 Å². The molecule has 2 aromatic heterocycles. The lowest BCUT2D eigenvalue weighted by Gasteiger charge is -2.25. The number of hydrogen-bond acceptors (Lipinski definition) is 6. The normalized spacial score (nSPS) is 16.8. The molecular weight excluding hydrogens is 324 g/mol. The topological polar surface area (TPSA) is 81.3 Å². The van der Waals surface area contributed by atoms with Crippen molar-refractivity contribution < 1.29 is 8.83 Å². The number of hydrogen-bond donors (Lipinski definition) is 1. The third-order valence-electron chi connectivity index (χ3n) is 3.61. The van der Waals surface area contributed by atoms with Crippen molar-refractivity contribution in [2.45, 2.75) is 25.4 Å². The minimum absolute atomic E-state index is 0.392. The monoisotopic (exact) mass is 340 g/mol. The summed E-state index contributed by atoms with van der Waals surface area (Å²) in [7, 11) is 2.04. The lowest BCUT2D eigenvalue weighted by atomic mass is 10.1. The van der Waals surface area contributed by atoms with Crippen LogP contribution in [0.4, 0.5) is 0 Å². The molecule has 6 nitrogen and oxygen atoms in total. The van der Waals surface area contributed by atoms with Crippen molar-refractivity contribution in [2.75, 3.05) is 13.6 Å². The van der Waals surface area contributed by atoms with Gasteiger partial charge in [0.1, 0.15) is 0 Å². The summed E-state index contributed by atoms with van der Waals surface area (Å²) in [5.74, 6) is 2.26. The van der Waals surface area contributed by atoms with Crippen LogP contribution in [0.2, 0.25) is 0 Å². The predicted octanol–water partition coefficient (Wildman–Crippen LogP) is 2.26. The fraction of sp³-hybridized carbons (Fsp3) is 0.538. The van der Waals surface area contributed by atoms with Crippen molar-refractivity contribution in [3.05, 3.63) is 22.7 Å². The Hall–Kier alpha value is -1.18. The van der Waals surface area contributed by atoms with Crippen LogP contribution in [0.15, 0.2) is 25.6 Å². The van der Waals surface area contributed by atoms with Gasteiger partial charge in [-0.3, -0.25) is 4.90 Å². The van der Waals surface area contributed by atoms with Gasteiger partial charge >= 0.3 is 0 Å². The molecule has 0 radical (unpaired) electrons. The molecule has 0 saturated heterocycles. The first kappa shape index (κ1) is 13.8. The van der Waals surface area contributed by atoms with Crippen LogP contribution < -0.4 is 5.73 Å². The Labute approximate surface area is 125 Å². The van der Waals surface area contributed by atoms with Crippen LogP contribution in [0.25, 0.3) is 11.7 Å². The van der Waals surface area contributed by atoms with Crippen molar-refractivity contribution >= 4 is 15.9 Å². The van der Waals surface area contributed by atoms with Gasteiger partial charge in [-0.05, 0) is 53.9 Å². The second-order valence-corrected chi connectivity index (χ2v) is 5.94. The van der Waals surface area contributed by atoms with Crippen LogP contribution in [-0.2, 0) is 6.54 Å². The van der Waals surface area contributed by atoms with E-state index in [0.717, 1.165) is 0 Å². The highest BCUT2D eigenvalue weighted by atomic mass is 79.9. The molecule has 1 saturated carbocycles. The summed E-state index contributed by atoms with van der Waals surface area (Å²) >= 11 is 3.25.